The lowest BCUT2D eigenvalue weighted by atomic mass is 10.0. The van der Waals surface area contributed by atoms with Gasteiger partial charge in [-0.2, -0.15) is 13.2 Å². The lowest BCUT2D eigenvalue weighted by Crippen LogP contribution is -2.35. The van der Waals surface area contributed by atoms with Crippen molar-refractivity contribution in [2.24, 2.45) is 0 Å². The van der Waals surface area contributed by atoms with E-state index in [4.69, 9.17) is 4.74 Å². The van der Waals surface area contributed by atoms with Crippen molar-refractivity contribution >= 4 is 11.8 Å². The largest absolute Gasteiger partial charge is 0.417 e. The van der Waals surface area contributed by atoms with Gasteiger partial charge in [0, 0.05) is 31.5 Å². The standard InChI is InChI=1S/C23H27F3N4O3/c1-3-18(15-9-16(12-27-11-15)23(24,25)26)28-21(31)17-10-19(30-7-8-33-13-20(17)30)22(32)29-6-4-5-14(29)2/h9-12,14,18H,3-8,13H2,1-2H3,(H,28,31). The Kier molecular flexibility index (Phi) is 6.47. The van der Waals surface area contributed by atoms with E-state index < -0.39 is 23.7 Å². The fourth-order valence-electron chi connectivity index (χ4n) is 4.54. The Morgan fingerprint density at radius 2 is 2.06 bits per heavy atom. The van der Waals surface area contributed by atoms with E-state index in [0.29, 0.717) is 43.1 Å². The molecule has 178 valence electrons. The number of halogens is 3. The van der Waals surface area contributed by atoms with E-state index >= 15 is 0 Å². The lowest BCUT2D eigenvalue weighted by Gasteiger charge is -2.24. The predicted molar refractivity (Wildman–Crippen MR) is 114 cm³/mol. The summed E-state index contributed by atoms with van der Waals surface area (Å²) in [5, 5.41) is 2.82. The third kappa shape index (κ3) is 4.62. The maximum atomic E-state index is 13.2. The van der Waals surface area contributed by atoms with E-state index in [1.54, 1.807) is 13.0 Å². The Labute approximate surface area is 189 Å². The second-order valence-electron chi connectivity index (χ2n) is 8.52. The lowest BCUT2D eigenvalue weighted by molar-refractivity contribution is -0.137. The normalized spacial score (nSPS) is 19.3. The number of alkyl halides is 3. The molecule has 2 atom stereocenters. The van der Waals surface area contributed by atoms with Gasteiger partial charge in [-0.05, 0) is 43.9 Å². The first kappa shape index (κ1) is 23.3. The zero-order chi connectivity index (χ0) is 23.8. The average Bonchev–Trinajstić information content (AvgIpc) is 3.40. The Bertz CT molecular complexity index is 1050. The quantitative estimate of drug-likeness (QED) is 0.727. The smallest absolute Gasteiger partial charge is 0.373 e. The zero-order valence-corrected chi connectivity index (χ0v) is 18.6. The highest BCUT2D eigenvalue weighted by molar-refractivity contribution is 6.01. The van der Waals surface area contributed by atoms with Crippen molar-refractivity contribution in [1.29, 1.82) is 0 Å². The number of hydrogen-bond acceptors (Lipinski definition) is 4. The van der Waals surface area contributed by atoms with Gasteiger partial charge in [0.2, 0.25) is 0 Å². The Morgan fingerprint density at radius 3 is 2.73 bits per heavy atom. The number of carbonyl (C=O) groups is 2. The average molecular weight is 464 g/mol. The van der Waals surface area contributed by atoms with Crippen LogP contribution in [0.15, 0.2) is 24.5 Å². The fraction of sp³-hybridized carbons (Fsp3) is 0.522. The van der Waals surface area contributed by atoms with Gasteiger partial charge in [0.25, 0.3) is 11.8 Å². The zero-order valence-electron chi connectivity index (χ0n) is 18.6. The van der Waals surface area contributed by atoms with Crippen LogP contribution in [0.4, 0.5) is 13.2 Å². The van der Waals surface area contributed by atoms with Crippen LogP contribution in [0.5, 0.6) is 0 Å². The number of rotatable bonds is 5. The molecule has 2 aromatic heterocycles. The molecule has 2 amide bonds. The third-order valence-electron chi connectivity index (χ3n) is 6.39. The minimum atomic E-state index is -4.52. The van der Waals surface area contributed by atoms with Gasteiger partial charge in [-0.15, -0.1) is 0 Å². The van der Waals surface area contributed by atoms with Crippen LogP contribution < -0.4 is 5.32 Å². The Morgan fingerprint density at radius 1 is 1.27 bits per heavy atom. The first-order valence-electron chi connectivity index (χ1n) is 11.1. The summed E-state index contributed by atoms with van der Waals surface area (Å²) in [7, 11) is 0. The molecule has 2 unspecified atom stereocenters. The second-order valence-corrected chi connectivity index (χ2v) is 8.52. The summed E-state index contributed by atoms with van der Waals surface area (Å²) in [4.78, 5) is 32.0. The minimum Gasteiger partial charge on any atom is -0.373 e. The molecule has 0 spiro atoms. The number of ether oxygens (including phenoxy) is 1. The van der Waals surface area contributed by atoms with E-state index in [-0.39, 0.29) is 24.1 Å². The maximum absolute atomic E-state index is 13.2. The molecule has 2 aliphatic rings. The van der Waals surface area contributed by atoms with Crippen LogP contribution in [-0.2, 0) is 24.1 Å². The summed E-state index contributed by atoms with van der Waals surface area (Å²) in [5.74, 6) is -0.571. The molecule has 4 heterocycles. The number of pyridine rings is 1. The first-order chi connectivity index (χ1) is 15.7. The second kappa shape index (κ2) is 9.17. The molecule has 1 fully saturated rings. The summed E-state index contributed by atoms with van der Waals surface area (Å²) in [6, 6.07) is 2.07. The molecule has 10 heteroatoms. The number of nitrogens with one attached hydrogen (secondary N) is 1. The summed E-state index contributed by atoms with van der Waals surface area (Å²) < 4.78 is 46.7. The molecule has 1 saturated heterocycles. The van der Waals surface area contributed by atoms with Crippen LogP contribution in [0.25, 0.3) is 0 Å². The van der Waals surface area contributed by atoms with Gasteiger partial charge in [-0.3, -0.25) is 14.6 Å². The third-order valence-corrected chi connectivity index (χ3v) is 6.39. The monoisotopic (exact) mass is 464 g/mol. The SMILES string of the molecule is CCC(NC(=O)c1cc(C(=O)N2CCCC2C)n2c1COCC2)c1cncc(C(F)(F)F)c1. The van der Waals surface area contributed by atoms with Crippen LogP contribution in [0.3, 0.4) is 0 Å². The van der Waals surface area contributed by atoms with E-state index in [9.17, 15) is 22.8 Å². The van der Waals surface area contributed by atoms with Gasteiger partial charge >= 0.3 is 6.18 Å². The van der Waals surface area contributed by atoms with Crippen molar-refractivity contribution in [3.05, 3.63) is 52.6 Å². The van der Waals surface area contributed by atoms with E-state index in [1.807, 2.05) is 16.4 Å². The van der Waals surface area contributed by atoms with E-state index in [1.165, 1.54) is 6.20 Å². The molecule has 1 N–H and O–H groups in total. The van der Waals surface area contributed by atoms with Crippen LogP contribution in [-0.4, -0.2) is 45.5 Å². The molecular weight excluding hydrogens is 437 g/mol. The molecule has 7 nitrogen and oxygen atoms in total. The topological polar surface area (TPSA) is 76.5 Å². The van der Waals surface area contributed by atoms with Gasteiger partial charge in [0.1, 0.15) is 5.69 Å². The van der Waals surface area contributed by atoms with Crippen molar-refractivity contribution in [2.45, 2.75) is 64.5 Å². The number of hydrogen-bond donors (Lipinski definition) is 1. The highest BCUT2D eigenvalue weighted by Gasteiger charge is 2.34. The van der Waals surface area contributed by atoms with E-state index in [0.717, 1.165) is 25.1 Å². The molecule has 0 bridgehead atoms. The number of nitrogens with zero attached hydrogens (tertiary/aromatic N) is 3. The molecule has 2 aliphatic heterocycles. The highest BCUT2D eigenvalue weighted by Crippen LogP contribution is 2.31. The fourth-order valence-corrected chi connectivity index (χ4v) is 4.54. The molecule has 2 aromatic rings. The summed E-state index contributed by atoms with van der Waals surface area (Å²) >= 11 is 0. The molecule has 0 radical (unpaired) electrons. The van der Waals surface area contributed by atoms with Crippen molar-refractivity contribution in [3.63, 3.8) is 0 Å². The number of aromatic nitrogens is 2. The Balaban J connectivity index is 1.61. The summed E-state index contributed by atoms with van der Waals surface area (Å²) in [5.41, 5.74) is 0.761. The van der Waals surface area contributed by atoms with E-state index in [2.05, 4.69) is 10.3 Å². The van der Waals surface area contributed by atoms with Crippen LogP contribution >= 0.6 is 0 Å². The molecule has 4 rings (SSSR count). The van der Waals surface area contributed by atoms with Crippen molar-refractivity contribution < 1.29 is 27.5 Å². The first-order valence-corrected chi connectivity index (χ1v) is 11.1. The van der Waals surface area contributed by atoms with Crippen LogP contribution in [0, 0.1) is 0 Å². The summed E-state index contributed by atoms with van der Waals surface area (Å²) in [6.07, 6.45) is -0.175. The van der Waals surface area contributed by atoms with Gasteiger partial charge in [0.05, 0.1) is 36.1 Å². The van der Waals surface area contributed by atoms with Crippen molar-refractivity contribution in [2.75, 3.05) is 13.2 Å². The predicted octanol–water partition coefficient (Wildman–Crippen LogP) is 3.94. The number of likely N-dealkylation sites (tertiary alicyclic amines) is 1. The molecular formula is C23H27F3N4O3. The number of carbonyl (C=O) groups excluding carboxylic acids is 2. The number of amides is 2. The molecule has 0 aromatic carbocycles. The van der Waals surface area contributed by atoms with Gasteiger partial charge in [-0.25, -0.2) is 0 Å². The van der Waals surface area contributed by atoms with Crippen LogP contribution in [0.2, 0.25) is 0 Å². The minimum absolute atomic E-state index is 0.115. The number of fused-ring (bicyclic) bond motifs is 1. The highest BCUT2D eigenvalue weighted by atomic mass is 19.4. The molecule has 0 saturated carbocycles. The molecule has 33 heavy (non-hydrogen) atoms. The van der Waals surface area contributed by atoms with Crippen molar-refractivity contribution in [3.8, 4) is 0 Å². The summed E-state index contributed by atoms with van der Waals surface area (Å²) in [6.45, 7) is 5.54. The van der Waals surface area contributed by atoms with Gasteiger partial charge < -0.3 is 19.5 Å². The van der Waals surface area contributed by atoms with Gasteiger partial charge in [0.15, 0.2) is 0 Å². The van der Waals surface area contributed by atoms with Gasteiger partial charge in [-0.1, -0.05) is 6.92 Å². The molecule has 0 aliphatic carbocycles. The Hall–Kier alpha value is -2.88. The maximum Gasteiger partial charge on any atom is 0.417 e. The van der Waals surface area contributed by atoms with Crippen LogP contribution in [0.1, 0.15) is 76.8 Å². The van der Waals surface area contributed by atoms with Crippen molar-refractivity contribution in [1.82, 2.24) is 19.8 Å².